The van der Waals surface area contributed by atoms with Gasteiger partial charge in [-0.15, -0.1) is 17.9 Å². The Balaban J connectivity index is 1.11. The van der Waals surface area contributed by atoms with Gasteiger partial charge in [0.2, 0.25) is 21.8 Å². The number of aromatic nitrogens is 2. The number of ether oxygens (including phenoxy) is 2. The van der Waals surface area contributed by atoms with E-state index < -0.39 is 62.8 Å². The summed E-state index contributed by atoms with van der Waals surface area (Å²) in [6, 6.07) is 3.82. The van der Waals surface area contributed by atoms with Crippen molar-refractivity contribution in [2.45, 2.75) is 107 Å². The second-order valence-corrected chi connectivity index (χ2v) is 20.5. The average Bonchev–Trinajstić information content (AvgIpc) is 4.10. The number of pyridine rings is 1. The highest BCUT2D eigenvalue weighted by molar-refractivity contribution is 7.91. The van der Waals surface area contributed by atoms with Gasteiger partial charge in [-0.1, -0.05) is 51.4 Å². The average molecular weight is 869 g/mol. The molecule has 14 nitrogen and oxygen atoms in total. The molecule has 59 heavy (non-hydrogen) atoms. The van der Waals surface area contributed by atoms with Crippen molar-refractivity contribution in [3.05, 3.63) is 52.5 Å². The van der Waals surface area contributed by atoms with Crippen molar-refractivity contribution in [3.63, 3.8) is 0 Å². The van der Waals surface area contributed by atoms with Crippen LogP contribution in [0.3, 0.4) is 0 Å². The molecule has 3 N–H and O–H groups in total. The van der Waals surface area contributed by atoms with E-state index in [-0.39, 0.29) is 30.6 Å². The van der Waals surface area contributed by atoms with Crippen LogP contribution in [0.15, 0.2) is 36.2 Å². The number of hydrogen-bond acceptors (Lipinski definition) is 12. The van der Waals surface area contributed by atoms with Gasteiger partial charge in [0.05, 0.1) is 46.8 Å². The van der Waals surface area contributed by atoms with Gasteiger partial charge in [-0.05, 0) is 62.1 Å². The van der Waals surface area contributed by atoms with Gasteiger partial charge in [-0.25, -0.2) is 18.4 Å². The molecule has 5 heterocycles. The molecule has 0 spiro atoms. The Labute approximate surface area is 354 Å². The molecule has 1 aromatic carbocycles. The van der Waals surface area contributed by atoms with Crippen LogP contribution >= 0.6 is 22.9 Å². The smallest absolute Gasteiger partial charge is 0.259 e. The summed E-state index contributed by atoms with van der Waals surface area (Å²) in [5.41, 5.74) is 1.65. The molecule has 5 fully saturated rings. The second-order valence-electron chi connectivity index (χ2n) is 17.3. The van der Waals surface area contributed by atoms with Gasteiger partial charge in [0.15, 0.2) is 0 Å². The predicted octanol–water partition coefficient (Wildman–Crippen LogP) is 4.41. The Bertz CT molecular complexity index is 2240. The van der Waals surface area contributed by atoms with Crippen molar-refractivity contribution in [1.29, 1.82) is 0 Å². The van der Waals surface area contributed by atoms with Crippen molar-refractivity contribution in [2.24, 2.45) is 11.8 Å². The number of carbonyl (C=O) groups is 3. The van der Waals surface area contributed by atoms with Crippen LogP contribution in [0.2, 0.25) is 5.02 Å². The standard InChI is InChI=1S/C42H54ClN7O7S2/c1-6-26-20-42(26,41(53)48-59(54,55)27-10-11-27)47-38(51)31-19-34(32-21-44-36(24(4)5)40(52)50(31)32)57-33-18-29(39-46-30(22-58-39)23(2)3)45-37-28(33)12-9-25(35(37)43)8-7-13-49-14-16-56-17-15-49/h6,9,12,18,22-24,26-27,31-32,34,36,44H,1,7-8,10-11,13-17,19-21H2,2-5H3,(H,47,51)(H,48,53)/t26-,31+,32-,34-,36-,42-/m1/s1. The van der Waals surface area contributed by atoms with Gasteiger partial charge in [0.1, 0.15) is 34.1 Å². The number of hydrogen-bond donors (Lipinski definition) is 3. The van der Waals surface area contributed by atoms with Crippen LogP contribution in [0.25, 0.3) is 21.6 Å². The molecule has 3 aliphatic heterocycles. The number of nitrogens with one attached hydrogen (secondary N) is 3. The fourth-order valence-electron chi connectivity index (χ4n) is 8.66. The highest BCUT2D eigenvalue weighted by Gasteiger charge is 2.62. The van der Waals surface area contributed by atoms with Gasteiger partial charge in [0.25, 0.3) is 5.91 Å². The first-order valence-corrected chi connectivity index (χ1v) is 23.6. The van der Waals surface area contributed by atoms with E-state index in [0.717, 1.165) is 62.0 Å². The van der Waals surface area contributed by atoms with Crippen LogP contribution in [0.1, 0.15) is 77.0 Å². The van der Waals surface area contributed by atoms with Crippen LogP contribution in [0, 0.1) is 11.8 Å². The first kappa shape index (κ1) is 42.0. The molecule has 6 atom stereocenters. The molecule has 2 aromatic heterocycles. The van der Waals surface area contributed by atoms with E-state index in [1.54, 1.807) is 11.0 Å². The largest absolute Gasteiger partial charge is 0.487 e. The SMILES string of the molecule is C=C[C@@H]1C[C@]1(NC(=O)[C@@H]1C[C@@H](Oc2cc(-c3nc(C(C)C)cs3)nc3c(Cl)c(CCCN4CCOCC4)ccc23)[C@H]2CN[C@H](C(C)C)C(=O)N21)C(=O)NS(=O)(=O)C1CC1. The molecule has 0 unspecified atom stereocenters. The van der Waals surface area contributed by atoms with Crippen molar-refractivity contribution in [2.75, 3.05) is 39.4 Å². The summed E-state index contributed by atoms with van der Waals surface area (Å²) in [5.74, 6) is -1.36. The number of nitrogens with zero attached hydrogens (tertiary/aromatic N) is 4. The minimum absolute atomic E-state index is 0.0589. The summed E-state index contributed by atoms with van der Waals surface area (Å²) < 4.78 is 40.2. The summed E-state index contributed by atoms with van der Waals surface area (Å²) in [5, 5.41) is 9.69. The topological polar surface area (TPSA) is 172 Å². The van der Waals surface area contributed by atoms with Crippen molar-refractivity contribution in [3.8, 4) is 16.5 Å². The number of thiazole rings is 1. The van der Waals surface area contributed by atoms with E-state index in [1.807, 2.05) is 37.4 Å². The van der Waals surface area contributed by atoms with Gasteiger partial charge in [-0.2, -0.15) is 0 Å². The van der Waals surface area contributed by atoms with Gasteiger partial charge < -0.3 is 25.0 Å². The van der Waals surface area contributed by atoms with Crippen LogP contribution < -0.4 is 20.1 Å². The number of carbonyl (C=O) groups excluding carboxylic acids is 3. The zero-order valence-electron chi connectivity index (χ0n) is 34.0. The Hall–Kier alpha value is -3.67. The fraction of sp³-hybridized carbons (Fsp3) is 0.595. The Kier molecular flexibility index (Phi) is 11.9. The third-order valence-corrected chi connectivity index (χ3v) is 15.6. The van der Waals surface area contributed by atoms with Crippen LogP contribution in [0.4, 0.5) is 0 Å². The van der Waals surface area contributed by atoms with Crippen molar-refractivity contribution < 1.29 is 32.3 Å². The third kappa shape index (κ3) is 8.37. The molecule has 2 aliphatic carbocycles. The quantitative estimate of drug-likeness (QED) is 0.185. The van der Waals surface area contributed by atoms with Gasteiger partial charge in [0, 0.05) is 48.8 Å². The molecule has 318 valence electrons. The van der Waals surface area contributed by atoms with Crippen LogP contribution in [-0.2, 0) is 35.6 Å². The highest BCUT2D eigenvalue weighted by atomic mass is 35.5. The van der Waals surface area contributed by atoms with Crippen molar-refractivity contribution in [1.82, 2.24) is 35.1 Å². The van der Waals surface area contributed by atoms with E-state index in [0.29, 0.717) is 46.8 Å². The maximum Gasteiger partial charge on any atom is 0.259 e. The van der Waals surface area contributed by atoms with E-state index in [9.17, 15) is 22.8 Å². The Morgan fingerprint density at radius 2 is 1.95 bits per heavy atom. The first-order chi connectivity index (χ1) is 28.2. The lowest BCUT2D eigenvalue weighted by Crippen LogP contribution is -2.65. The second kappa shape index (κ2) is 16.7. The van der Waals surface area contributed by atoms with Gasteiger partial charge >= 0.3 is 0 Å². The lowest BCUT2D eigenvalue weighted by Gasteiger charge is -2.40. The molecule has 8 rings (SSSR count). The van der Waals surface area contributed by atoms with E-state index in [1.165, 1.54) is 11.3 Å². The number of morpholine rings is 1. The number of halogens is 1. The van der Waals surface area contributed by atoms with Crippen LogP contribution in [0.5, 0.6) is 5.75 Å². The number of amides is 3. The number of piperazine rings is 1. The number of aryl methyl sites for hydroxylation is 1. The minimum atomic E-state index is -3.87. The summed E-state index contributed by atoms with van der Waals surface area (Å²) >= 11 is 8.72. The third-order valence-electron chi connectivity index (χ3n) is 12.5. The lowest BCUT2D eigenvalue weighted by molar-refractivity contribution is -0.146. The normalized spacial score (nSPS) is 27.3. The summed E-state index contributed by atoms with van der Waals surface area (Å²) in [6.07, 6.45) is 3.91. The molecule has 2 saturated carbocycles. The number of sulfonamides is 1. The summed E-state index contributed by atoms with van der Waals surface area (Å²) in [6.45, 7) is 16.5. The van der Waals surface area contributed by atoms with E-state index >= 15 is 0 Å². The number of benzene rings is 1. The molecular formula is C42H54ClN7O7S2. The zero-order chi connectivity index (χ0) is 41.8. The summed E-state index contributed by atoms with van der Waals surface area (Å²) in [4.78, 5) is 56.3. The number of rotatable bonds is 15. The minimum Gasteiger partial charge on any atom is -0.487 e. The number of fused-ring (bicyclic) bond motifs is 2. The highest BCUT2D eigenvalue weighted by Crippen LogP contribution is 2.46. The molecule has 0 bridgehead atoms. The Morgan fingerprint density at radius 1 is 1.19 bits per heavy atom. The molecule has 3 saturated heterocycles. The maximum absolute atomic E-state index is 14.4. The van der Waals surface area contributed by atoms with E-state index in [4.69, 9.17) is 31.0 Å². The molecule has 0 radical (unpaired) electrons. The Morgan fingerprint density at radius 3 is 2.61 bits per heavy atom. The van der Waals surface area contributed by atoms with Gasteiger partial charge in [-0.3, -0.25) is 24.0 Å². The lowest BCUT2D eigenvalue weighted by atomic mass is 9.98. The molecule has 3 aromatic rings. The first-order valence-electron chi connectivity index (χ1n) is 20.8. The molecule has 17 heteroatoms. The fourth-order valence-corrected chi connectivity index (χ4v) is 11.3. The van der Waals surface area contributed by atoms with Crippen LogP contribution in [-0.4, -0.2) is 120 Å². The molecular weight excluding hydrogens is 814 g/mol. The molecule has 5 aliphatic rings. The monoisotopic (exact) mass is 867 g/mol. The summed E-state index contributed by atoms with van der Waals surface area (Å²) in [7, 11) is -3.87. The molecule has 3 amide bonds. The maximum atomic E-state index is 14.4. The van der Waals surface area contributed by atoms with Crippen molar-refractivity contribution >= 4 is 61.6 Å². The van der Waals surface area contributed by atoms with E-state index in [2.05, 4.69) is 40.7 Å². The zero-order valence-corrected chi connectivity index (χ0v) is 36.4. The predicted molar refractivity (Wildman–Crippen MR) is 227 cm³/mol.